The van der Waals surface area contributed by atoms with Crippen molar-refractivity contribution in [2.24, 2.45) is 17.8 Å². The zero-order valence-corrected chi connectivity index (χ0v) is 14.5. The van der Waals surface area contributed by atoms with Gasteiger partial charge in [0.25, 0.3) is 5.91 Å². The molecule has 4 amide bonds. The van der Waals surface area contributed by atoms with Crippen molar-refractivity contribution in [3.63, 3.8) is 0 Å². The lowest BCUT2D eigenvalue weighted by atomic mass is 9.93. The molecule has 2 bridgehead atoms. The zero-order valence-electron chi connectivity index (χ0n) is 14.5. The summed E-state index contributed by atoms with van der Waals surface area (Å²) in [5, 5.41) is 5.63. The fourth-order valence-electron chi connectivity index (χ4n) is 4.22. The van der Waals surface area contributed by atoms with Crippen LogP contribution in [0.25, 0.3) is 0 Å². The number of furan rings is 1. The summed E-state index contributed by atoms with van der Waals surface area (Å²) in [5.74, 6) is 2.00. The molecular weight excluding hydrogens is 334 g/mol. The fraction of sp³-hybridized carbons (Fsp3) is 0.526. The first-order chi connectivity index (χ1) is 12.6. The molecule has 2 aliphatic carbocycles. The zero-order chi connectivity index (χ0) is 18.1. The Labute approximate surface area is 151 Å². The molecule has 1 aromatic heterocycles. The molecule has 4 rings (SSSR count). The molecular formula is C19H23N3O4. The summed E-state index contributed by atoms with van der Waals surface area (Å²) in [6, 6.07) is 2.34. The maximum Gasteiger partial charge on any atom is 0.325 e. The van der Waals surface area contributed by atoms with Gasteiger partial charge in [-0.1, -0.05) is 12.2 Å². The van der Waals surface area contributed by atoms with Crippen molar-refractivity contribution >= 4 is 17.8 Å². The van der Waals surface area contributed by atoms with Gasteiger partial charge in [0.15, 0.2) is 0 Å². The van der Waals surface area contributed by atoms with Crippen molar-refractivity contribution in [3.05, 3.63) is 36.3 Å². The predicted molar refractivity (Wildman–Crippen MR) is 92.7 cm³/mol. The van der Waals surface area contributed by atoms with Crippen molar-refractivity contribution in [3.8, 4) is 0 Å². The van der Waals surface area contributed by atoms with Crippen LogP contribution in [0.4, 0.5) is 4.79 Å². The van der Waals surface area contributed by atoms with Gasteiger partial charge >= 0.3 is 6.03 Å². The molecule has 2 heterocycles. The standard InChI is InChI=1S/C19H23N3O4/c23-17(20-10-14-9-12-3-4-13(14)8-12)6-5-16-18(24)22(19(25)21-16)11-15-2-1-7-26-15/h1-4,7,12-14,16H,5-6,8-11H2,(H,20,23)(H,21,25)/t12-,13-,14+,16-/m0/s1. The number of hydrogen-bond donors (Lipinski definition) is 2. The van der Waals surface area contributed by atoms with E-state index in [1.165, 1.54) is 12.7 Å². The van der Waals surface area contributed by atoms with Crippen LogP contribution in [0.5, 0.6) is 0 Å². The summed E-state index contributed by atoms with van der Waals surface area (Å²) in [6.45, 7) is 0.804. The third-order valence-corrected chi connectivity index (χ3v) is 5.64. The number of hydrogen-bond acceptors (Lipinski definition) is 4. The average molecular weight is 357 g/mol. The minimum Gasteiger partial charge on any atom is -0.467 e. The van der Waals surface area contributed by atoms with Crippen molar-refractivity contribution in [2.75, 3.05) is 6.54 Å². The van der Waals surface area contributed by atoms with Crippen molar-refractivity contribution in [1.82, 2.24) is 15.5 Å². The molecule has 0 radical (unpaired) electrons. The van der Waals surface area contributed by atoms with Gasteiger partial charge in [-0.2, -0.15) is 0 Å². The summed E-state index contributed by atoms with van der Waals surface area (Å²) in [5.41, 5.74) is 0. The first-order valence-corrected chi connectivity index (χ1v) is 9.19. The topological polar surface area (TPSA) is 91.7 Å². The molecule has 4 atom stereocenters. The number of urea groups is 1. The van der Waals surface area contributed by atoms with Crippen LogP contribution in [0.2, 0.25) is 0 Å². The quantitative estimate of drug-likeness (QED) is 0.575. The molecule has 138 valence electrons. The molecule has 1 aromatic rings. The van der Waals surface area contributed by atoms with Gasteiger partial charge in [-0.3, -0.25) is 14.5 Å². The van der Waals surface area contributed by atoms with E-state index in [4.69, 9.17) is 4.42 Å². The van der Waals surface area contributed by atoms with Crippen LogP contribution < -0.4 is 10.6 Å². The van der Waals surface area contributed by atoms with E-state index in [1.54, 1.807) is 12.1 Å². The van der Waals surface area contributed by atoms with Crippen molar-refractivity contribution in [2.45, 2.75) is 38.3 Å². The smallest absolute Gasteiger partial charge is 0.325 e. The molecule has 26 heavy (non-hydrogen) atoms. The Kier molecular flexibility index (Phi) is 4.53. The lowest BCUT2D eigenvalue weighted by Crippen LogP contribution is -2.34. The van der Waals surface area contributed by atoms with E-state index in [9.17, 15) is 14.4 Å². The Hall–Kier alpha value is -2.57. The number of carbonyl (C=O) groups is 3. The molecule has 0 aromatic carbocycles. The average Bonchev–Trinajstić information content (AvgIpc) is 3.41. The molecule has 3 aliphatic rings. The highest BCUT2D eigenvalue weighted by Gasteiger charge is 2.38. The molecule has 1 saturated heterocycles. The van der Waals surface area contributed by atoms with Crippen LogP contribution >= 0.6 is 0 Å². The van der Waals surface area contributed by atoms with Gasteiger partial charge in [-0.15, -0.1) is 0 Å². The lowest BCUT2D eigenvalue weighted by Gasteiger charge is -2.18. The lowest BCUT2D eigenvalue weighted by molar-refractivity contribution is -0.128. The van der Waals surface area contributed by atoms with Crippen LogP contribution in [0.1, 0.15) is 31.4 Å². The van der Waals surface area contributed by atoms with Crippen molar-refractivity contribution in [1.29, 1.82) is 0 Å². The van der Waals surface area contributed by atoms with Crippen LogP contribution in [-0.2, 0) is 16.1 Å². The minimum atomic E-state index is -0.645. The molecule has 0 spiro atoms. The van der Waals surface area contributed by atoms with E-state index >= 15 is 0 Å². The first-order valence-electron chi connectivity index (χ1n) is 9.19. The minimum absolute atomic E-state index is 0.0664. The highest BCUT2D eigenvalue weighted by molar-refractivity contribution is 6.04. The number of rotatable bonds is 7. The molecule has 7 heteroatoms. The van der Waals surface area contributed by atoms with Crippen LogP contribution in [-0.4, -0.2) is 35.3 Å². The number of amides is 4. The molecule has 7 nitrogen and oxygen atoms in total. The summed E-state index contributed by atoms with van der Waals surface area (Å²) in [4.78, 5) is 37.6. The van der Waals surface area contributed by atoms with E-state index < -0.39 is 12.1 Å². The molecule has 2 N–H and O–H groups in total. The third-order valence-electron chi connectivity index (χ3n) is 5.64. The van der Waals surface area contributed by atoms with Crippen LogP contribution in [0.3, 0.4) is 0 Å². The van der Waals surface area contributed by atoms with Gasteiger partial charge in [-0.05, 0) is 49.1 Å². The molecule has 0 unspecified atom stereocenters. The third kappa shape index (κ3) is 3.38. The monoisotopic (exact) mass is 357 g/mol. The van der Waals surface area contributed by atoms with Crippen LogP contribution in [0, 0.1) is 17.8 Å². The second-order valence-electron chi connectivity index (χ2n) is 7.39. The SMILES string of the molecule is O=C(CC[C@@H]1NC(=O)N(Cc2ccco2)C1=O)NC[C@H]1C[C@H]2C=C[C@H]1C2. The number of nitrogens with one attached hydrogen (secondary N) is 2. The number of carbonyl (C=O) groups excluding carboxylic acids is 3. The first kappa shape index (κ1) is 16.9. The van der Waals surface area contributed by atoms with E-state index in [-0.39, 0.29) is 24.8 Å². The van der Waals surface area contributed by atoms with E-state index in [1.807, 2.05) is 0 Å². The second-order valence-corrected chi connectivity index (χ2v) is 7.39. The largest absolute Gasteiger partial charge is 0.467 e. The van der Waals surface area contributed by atoms with Gasteiger partial charge < -0.3 is 15.1 Å². The van der Waals surface area contributed by atoms with Crippen molar-refractivity contribution < 1.29 is 18.8 Å². The molecule has 2 fully saturated rings. The Morgan fingerprint density at radius 1 is 1.31 bits per heavy atom. The van der Waals surface area contributed by atoms with Crippen LogP contribution in [0.15, 0.2) is 35.0 Å². The van der Waals surface area contributed by atoms with Gasteiger partial charge in [0.2, 0.25) is 5.91 Å². The Morgan fingerprint density at radius 2 is 2.19 bits per heavy atom. The van der Waals surface area contributed by atoms with E-state index in [2.05, 4.69) is 22.8 Å². The maximum absolute atomic E-state index is 12.4. The fourth-order valence-corrected chi connectivity index (χ4v) is 4.22. The van der Waals surface area contributed by atoms with Gasteiger partial charge in [0.05, 0.1) is 12.8 Å². The van der Waals surface area contributed by atoms with Gasteiger partial charge in [-0.25, -0.2) is 4.79 Å². The highest BCUT2D eigenvalue weighted by Crippen LogP contribution is 2.42. The second kappa shape index (κ2) is 6.97. The summed E-state index contributed by atoms with van der Waals surface area (Å²) in [7, 11) is 0. The Bertz CT molecular complexity index is 727. The predicted octanol–water partition coefficient (Wildman–Crippen LogP) is 1.81. The Balaban J connectivity index is 1.21. The van der Waals surface area contributed by atoms with Gasteiger partial charge in [0, 0.05) is 13.0 Å². The number of fused-ring (bicyclic) bond motifs is 2. The molecule has 1 saturated carbocycles. The van der Waals surface area contributed by atoms with Gasteiger partial charge in [0.1, 0.15) is 11.8 Å². The van der Waals surface area contributed by atoms with E-state index in [0.29, 0.717) is 36.5 Å². The normalized spacial score (nSPS) is 29.5. The number of imide groups is 1. The summed E-state index contributed by atoms with van der Waals surface area (Å²) < 4.78 is 5.18. The summed E-state index contributed by atoms with van der Waals surface area (Å²) >= 11 is 0. The molecule has 1 aliphatic heterocycles. The number of nitrogens with zero attached hydrogens (tertiary/aromatic N) is 1. The van der Waals surface area contributed by atoms with E-state index in [0.717, 1.165) is 11.3 Å². The Morgan fingerprint density at radius 3 is 2.88 bits per heavy atom. The maximum atomic E-state index is 12.4. The highest BCUT2D eigenvalue weighted by atomic mass is 16.3. The number of allylic oxidation sites excluding steroid dienone is 2. The summed E-state index contributed by atoms with van der Waals surface area (Å²) in [6.07, 6.45) is 8.96.